The number of benzene rings is 2. The first-order valence-corrected chi connectivity index (χ1v) is 9.32. The highest BCUT2D eigenvalue weighted by molar-refractivity contribution is 6.06. The number of para-hydroxylation sites is 1. The molecule has 0 saturated carbocycles. The number of anilines is 1. The molecule has 134 valence electrons. The fourth-order valence-electron chi connectivity index (χ4n) is 3.73. The van der Waals surface area contributed by atoms with Gasteiger partial charge in [0.1, 0.15) is 5.69 Å². The third kappa shape index (κ3) is 3.25. The predicted octanol–water partition coefficient (Wildman–Crippen LogP) is 4.63. The summed E-state index contributed by atoms with van der Waals surface area (Å²) in [5.74, 6) is -0.0906. The van der Waals surface area contributed by atoms with Gasteiger partial charge in [-0.15, -0.1) is 0 Å². The van der Waals surface area contributed by atoms with Crippen LogP contribution in [-0.2, 0) is 6.54 Å². The zero-order chi connectivity index (χ0) is 18.1. The molecule has 1 fully saturated rings. The predicted molar refractivity (Wildman–Crippen MR) is 107 cm³/mol. The third-order valence-electron chi connectivity index (χ3n) is 5.45. The molecule has 3 aromatic rings. The molecule has 4 rings (SSSR count). The first kappa shape index (κ1) is 16.9. The van der Waals surface area contributed by atoms with Crippen LogP contribution in [0.4, 0.5) is 5.69 Å². The van der Waals surface area contributed by atoms with Gasteiger partial charge < -0.3 is 10.3 Å². The standard InChI is InChI=1S/C22H25N3O/c1-15-9-10-20-18(16(15)2)13-21(23-20)22(26)24-19-8-4-3-7-17(19)14-25-11-5-6-12-25/h3-4,7-10,13,23H,5-6,11-12,14H2,1-2H3,(H,24,26). The molecule has 1 aliphatic heterocycles. The van der Waals surface area contributed by atoms with Gasteiger partial charge in [0.15, 0.2) is 0 Å². The van der Waals surface area contributed by atoms with Crippen molar-refractivity contribution in [2.24, 2.45) is 0 Å². The molecule has 1 aromatic heterocycles. The van der Waals surface area contributed by atoms with Crippen LogP contribution >= 0.6 is 0 Å². The minimum absolute atomic E-state index is 0.0906. The number of rotatable bonds is 4. The first-order valence-electron chi connectivity index (χ1n) is 9.32. The molecule has 4 heteroatoms. The maximum Gasteiger partial charge on any atom is 0.272 e. The molecule has 0 aliphatic carbocycles. The Balaban J connectivity index is 1.57. The normalized spacial score (nSPS) is 14.8. The topological polar surface area (TPSA) is 48.1 Å². The molecule has 1 amide bonds. The van der Waals surface area contributed by atoms with Crippen molar-refractivity contribution >= 4 is 22.5 Å². The van der Waals surface area contributed by atoms with E-state index in [9.17, 15) is 4.79 Å². The quantitative estimate of drug-likeness (QED) is 0.723. The lowest BCUT2D eigenvalue weighted by atomic mass is 10.1. The van der Waals surface area contributed by atoms with Gasteiger partial charge in [0.25, 0.3) is 5.91 Å². The van der Waals surface area contributed by atoms with E-state index in [0.29, 0.717) is 5.69 Å². The van der Waals surface area contributed by atoms with Gasteiger partial charge in [0.2, 0.25) is 0 Å². The Kier molecular flexibility index (Phi) is 4.51. The van der Waals surface area contributed by atoms with Crippen LogP contribution < -0.4 is 5.32 Å². The average molecular weight is 347 g/mol. The van der Waals surface area contributed by atoms with Crippen molar-refractivity contribution < 1.29 is 4.79 Å². The maximum absolute atomic E-state index is 12.8. The molecule has 0 bridgehead atoms. The van der Waals surface area contributed by atoms with Crippen LogP contribution in [0.25, 0.3) is 10.9 Å². The van der Waals surface area contributed by atoms with E-state index in [0.717, 1.165) is 36.2 Å². The van der Waals surface area contributed by atoms with Crippen LogP contribution in [0.2, 0.25) is 0 Å². The van der Waals surface area contributed by atoms with E-state index in [2.05, 4.69) is 41.2 Å². The number of aromatic amines is 1. The molecule has 1 aliphatic rings. The number of aromatic nitrogens is 1. The highest BCUT2D eigenvalue weighted by Gasteiger charge is 2.16. The molecule has 0 atom stereocenters. The number of aryl methyl sites for hydroxylation is 2. The Morgan fingerprint density at radius 2 is 1.88 bits per heavy atom. The van der Waals surface area contributed by atoms with E-state index in [1.165, 1.54) is 29.5 Å². The minimum Gasteiger partial charge on any atom is -0.351 e. The number of fused-ring (bicyclic) bond motifs is 1. The van der Waals surface area contributed by atoms with E-state index >= 15 is 0 Å². The SMILES string of the molecule is Cc1ccc2[nH]c(C(=O)Nc3ccccc3CN3CCCC3)cc2c1C. The van der Waals surface area contributed by atoms with Crippen LogP contribution in [0.5, 0.6) is 0 Å². The van der Waals surface area contributed by atoms with Crippen LogP contribution in [0, 0.1) is 13.8 Å². The third-order valence-corrected chi connectivity index (χ3v) is 5.45. The molecular formula is C22H25N3O. The van der Waals surface area contributed by atoms with Crippen LogP contribution in [0.1, 0.15) is 40.0 Å². The maximum atomic E-state index is 12.8. The second-order valence-corrected chi connectivity index (χ2v) is 7.25. The highest BCUT2D eigenvalue weighted by Crippen LogP contribution is 2.24. The molecule has 2 heterocycles. The van der Waals surface area contributed by atoms with Crippen LogP contribution in [0.3, 0.4) is 0 Å². The molecular weight excluding hydrogens is 322 g/mol. The Labute approximate surface area is 154 Å². The summed E-state index contributed by atoms with van der Waals surface area (Å²) in [6.45, 7) is 7.36. The average Bonchev–Trinajstić information content (AvgIpc) is 3.30. The molecule has 2 N–H and O–H groups in total. The Hall–Kier alpha value is -2.59. The van der Waals surface area contributed by atoms with E-state index in [1.807, 2.05) is 30.3 Å². The van der Waals surface area contributed by atoms with Gasteiger partial charge in [-0.05, 0) is 74.7 Å². The number of hydrogen-bond acceptors (Lipinski definition) is 2. The zero-order valence-corrected chi connectivity index (χ0v) is 15.4. The van der Waals surface area contributed by atoms with Gasteiger partial charge >= 0.3 is 0 Å². The lowest BCUT2D eigenvalue weighted by Crippen LogP contribution is -2.20. The van der Waals surface area contributed by atoms with Crippen molar-refractivity contribution in [3.63, 3.8) is 0 Å². The van der Waals surface area contributed by atoms with Crippen LogP contribution in [-0.4, -0.2) is 28.9 Å². The first-order chi connectivity index (χ1) is 12.6. The van der Waals surface area contributed by atoms with Crippen molar-refractivity contribution in [1.82, 2.24) is 9.88 Å². The van der Waals surface area contributed by atoms with Gasteiger partial charge in [-0.1, -0.05) is 24.3 Å². The molecule has 0 spiro atoms. The summed E-state index contributed by atoms with van der Waals surface area (Å²) in [5, 5.41) is 4.21. The number of carbonyl (C=O) groups excluding carboxylic acids is 1. The van der Waals surface area contributed by atoms with Gasteiger partial charge in [0.05, 0.1) is 0 Å². The number of carbonyl (C=O) groups is 1. The molecule has 1 saturated heterocycles. The summed E-state index contributed by atoms with van der Waals surface area (Å²) >= 11 is 0. The van der Waals surface area contributed by atoms with Crippen molar-refractivity contribution in [3.05, 3.63) is 64.8 Å². The van der Waals surface area contributed by atoms with E-state index in [4.69, 9.17) is 0 Å². The summed E-state index contributed by atoms with van der Waals surface area (Å²) in [6.07, 6.45) is 2.53. The van der Waals surface area contributed by atoms with Gasteiger partial charge in [-0.25, -0.2) is 0 Å². The molecule has 0 radical (unpaired) electrons. The second kappa shape index (κ2) is 6.96. The van der Waals surface area contributed by atoms with Crippen molar-refractivity contribution in [2.45, 2.75) is 33.2 Å². The Morgan fingerprint density at radius 3 is 2.69 bits per heavy atom. The number of likely N-dealkylation sites (tertiary alicyclic amines) is 1. The number of nitrogens with one attached hydrogen (secondary N) is 2. The fraction of sp³-hybridized carbons (Fsp3) is 0.318. The number of amides is 1. The largest absolute Gasteiger partial charge is 0.351 e. The highest BCUT2D eigenvalue weighted by atomic mass is 16.1. The number of H-pyrrole nitrogens is 1. The van der Waals surface area contributed by atoms with Crippen molar-refractivity contribution in [1.29, 1.82) is 0 Å². The molecule has 4 nitrogen and oxygen atoms in total. The van der Waals surface area contributed by atoms with E-state index in [-0.39, 0.29) is 5.91 Å². The van der Waals surface area contributed by atoms with Gasteiger partial charge in [-0.3, -0.25) is 9.69 Å². The molecule has 0 unspecified atom stereocenters. The van der Waals surface area contributed by atoms with E-state index < -0.39 is 0 Å². The Bertz CT molecular complexity index is 951. The molecule has 2 aromatic carbocycles. The minimum atomic E-state index is -0.0906. The lowest BCUT2D eigenvalue weighted by molar-refractivity contribution is 0.102. The fourth-order valence-corrected chi connectivity index (χ4v) is 3.73. The number of nitrogens with zero attached hydrogens (tertiary/aromatic N) is 1. The summed E-state index contributed by atoms with van der Waals surface area (Å²) in [5.41, 5.74) is 6.13. The van der Waals surface area contributed by atoms with Crippen molar-refractivity contribution in [3.8, 4) is 0 Å². The number of hydrogen-bond donors (Lipinski definition) is 2. The van der Waals surface area contributed by atoms with Crippen LogP contribution in [0.15, 0.2) is 42.5 Å². The summed E-state index contributed by atoms with van der Waals surface area (Å²) in [6, 6.07) is 14.2. The van der Waals surface area contributed by atoms with Crippen molar-refractivity contribution in [2.75, 3.05) is 18.4 Å². The molecule has 26 heavy (non-hydrogen) atoms. The summed E-state index contributed by atoms with van der Waals surface area (Å²) in [7, 11) is 0. The Morgan fingerprint density at radius 1 is 1.12 bits per heavy atom. The smallest absolute Gasteiger partial charge is 0.272 e. The van der Waals surface area contributed by atoms with E-state index in [1.54, 1.807) is 0 Å². The summed E-state index contributed by atoms with van der Waals surface area (Å²) < 4.78 is 0. The zero-order valence-electron chi connectivity index (χ0n) is 15.4. The van der Waals surface area contributed by atoms with Gasteiger partial charge in [0, 0.05) is 23.1 Å². The lowest BCUT2D eigenvalue weighted by Gasteiger charge is -2.17. The summed E-state index contributed by atoms with van der Waals surface area (Å²) in [4.78, 5) is 18.5. The second-order valence-electron chi connectivity index (χ2n) is 7.25. The van der Waals surface area contributed by atoms with Gasteiger partial charge in [-0.2, -0.15) is 0 Å². The monoisotopic (exact) mass is 347 g/mol.